The van der Waals surface area contributed by atoms with Crippen LogP contribution in [0.4, 0.5) is 5.69 Å². The second-order valence-electron chi connectivity index (χ2n) is 4.35. The monoisotopic (exact) mass is 329 g/mol. The molecule has 0 fully saturated rings. The summed E-state index contributed by atoms with van der Waals surface area (Å²) in [6.07, 6.45) is 1.72. The van der Waals surface area contributed by atoms with Crippen LogP contribution in [0.1, 0.15) is 5.56 Å². The van der Waals surface area contributed by atoms with Crippen LogP contribution in [0.5, 0.6) is 0 Å². The first-order chi connectivity index (χ1) is 10.7. The van der Waals surface area contributed by atoms with Crippen LogP contribution >= 0.6 is 0 Å². The molecule has 0 saturated carbocycles. The van der Waals surface area contributed by atoms with Crippen molar-refractivity contribution in [2.45, 2.75) is 0 Å². The summed E-state index contributed by atoms with van der Waals surface area (Å²) in [4.78, 5) is 0. The molecule has 0 aromatic heterocycles. The molecule has 0 spiro atoms. The van der Waals surface area contributed by atoms with Crippen LogP contribution in [0.3, 0.4) is 0 Å². The molecule has 0 saturated heterocycles. The predicted octanol–water partition coefficient (Wildman–Crippen LogP) is 1.95. The van der Waals surface area contributed by atoms with E-state index in [0.29, 0.717) is 45.3 Å². The van der Waals surface area contributed by atoms with Gasteiger partial charge in [0.05, 0.1) is 45.3 Å². The van der Waals surface area contributed by atoms with Gasteiger partial charge in [0.15, 0.2) is 0 Å². The van der Waals surface area contributed by atoms with Gasteiger partial charge in [-0.15, -0.1) is 0 Å². The van der Waals surface area contributed by atoms with E-state index in [0.717, 1.165) is 5.56 Å². The minimum absolute atomic E-state index is 0.314. The lowest BCUT2D eigenvalue weighted by Gasteiger charge is -2.20. The molecule has 1 N–H and O–H groups in total. The van der Waals surface area contributed by atoms with Crippen LogP contribution in [0.2, 0.25) is 0 Å². The van der Waals surface area contributed by atoms with E-state index in [1.807, 2.05) is 12.1 Å². The molecule has 0 bridgehead atoms. The average Bonchev–Trinajstić information content (AvgIpc) is 2.53. The average molecular weight is 329 g/mol. The van der Waals surface area contributed by atoms with E-state index in [1.165, 1.54) is 4.31 Å². The molecule has 7 heteroatoms. The number of rotatable bonds is 12. The van der Waals surface area contributed by atoms with E-state index in [4.69, 9.17) is 14.2 Å². The zero-order valence-electron chi connectivity index (χ0n) is 12.8. The highest BCUT2D eigenvalue weighted by atomic mass is 32.2. The fourth-order valence-corrected chi connectivity index (χ4v) is 2.22. The minimum atomic E-state index is -2.09. The number of benzene rings is 1. The molecular weight excluding hydrogens is 306 g/mol. The molecule has 0 radical (unpaired) electrons. The molecular formula is C15H23NO5S. The Hall–Kier alpha value is -1.25. The first-order valence-corrected chi connectivity index (χ1v) is 8.01. The van der Waals surface area contributed by atoms with Gasteiger partial charge < -0.3 is 14.2 Å². The van der Waals surface area contributed by atoms with Crippen LogP contribution in [-0.4, -0.2) is 55.5 Å². The van der Waals surface area contributed by atoms with E-state index in [9.17, 15) is 8.76 Å². The Bertz CT molecular complexity index is 452. The number of ether oxygens (including phenoxy) is 3. The van der Waals surface area contributed by atoms with Crippen molar-refractivity contribution in [1.29, 1.82) is 0 Å². The van der Waals surface area contributed by atoms with Crippen LogP contribution in [0.25, 0.3) is 6.08 Å². The Morgan fingerprint density at radius 2 is 1.73 bits per heavy atom. The third-order valence-electron chi connectivity index (χ3n) is 2.85. The first-order valence-electron chi connectivity index (χ1n) is 6.94. The van der Waals surface area contributed by atoms with Gasteiger partial charge in [-0.2, -0.15) is 0 Å². The van der Waals surface area contributed by atoms with Gasteiger partial charge in [0, 0.05) is 7.11 Å². The Balaban J connectivity index is 2.32. The van der Waals surface area contributed by atoms with E-state index in [-0.39, 0.29) is 0 Å². The highest BCUT2D eigenvalue weighted by Gasteiger charge is 2.11. The second-order valence-corrected chi connectivity index (χ2v) is 5.25. The van der Waals surface area contributed by atoms with Gasteiger partial charge in [-0.05, 0) is 17.7 Å². The zero-order valence-corrected chi connectivity index (χ0v) is 13.6. The largest absolute Gasteiger partial charge is 0.382 e. The maximum atomic E-state index is 11.4. The maximum Gasteiger partial charge on any atom is 0.261 e. The molecule has 124 valence electrons. The highest BCUT2D eigenvalue weighted by Crippen LogP contribution is 2.16. The molecule has 0 aliphatic rings. The molecule has 0 amide bonds. The highest BCUT2D eigenvalue weighted by molar-refractivity contribution is 7.80. The fraction of sp³-hybridized carbons (Fsp3) is 0.467. The van der Waals surface area contributed by atoms with Gasteiger partial charge in [0.25, 0.3) is 11.3 Å². The summed E-state index contributed by atoms with van der Waals surface area (Å²) in [5, 5.41) is 0. The van der Waals surface area contributed by atoms with Crippen LogP contribution < -0.4 is 4.31 Å². The molecule has 22 heavy (non-hydrogen) atoms. The van der Waals surface area contributed by atoms with Crippen molar-refractivity contribution < 1.29 is 23.0 Å². The van der Waals surface area contributed by atoms with Crippen molar-refractivity contribution in [1.82, 2.24) is 0 Å². The number of hydrogen-bond acceptors (Lipinski definition) is 4. The smallest absolute Gasteiger partial charge is 0.261 e. The summed E-state index contributed by atoms with van der Waals surface area (Å²) >= 11 is -2.09. The molecule has 6 nitrogen and oxygen atoms in total. The van der Waals surface area contributed by atoms with Gasteiger partial charge in [-0.25, -0.2) is 4.21 Å². The Labute approximate surface area is 134 Å². The third kappa shape index (κ3) is 7.15. The topological polar surface area (TPSA) is 68.2 Å². The summed E-state index contributed by atoms with van der Waals surface area (Å²) in [6.45, 7) is 6.32. The lowest BCUT2D eigenvalue weighted by molar-refractivity contribution is 0.0268. The van der Waals surface area contributed by atoms with E-state index in [2.05, 4.69) is 6.58 Å². The quantitative estimate of drug-likeness (QED) is 0.469. The fourth-order valence-electron chi connectivity index (χ4n) is 1.69. The number of anilines is 1. The lowest BCUT2D eigenvalue weighted by Crippen LogP contribution is -2.29. The third-order valence-corrected chi connectivity index (χ3v) is 3.62. The molecule has 1 atom stereocenters. The van der Waals surface area contributed by atoms with E-state index in [1.54, 1.807) is 25.3 Å². The second kappa shape index (κ2) is 11.3. The van der Waals surface area contributed by atoms with Gasteiger partial charge in [0.2, 0.25) is 0 Å². The van der Waals surface area contributed by atoms with Gasteiger partial charge in [-0.1, -0.05) is 24.8 Å². The molecule has 1 rings (SSSR count). The molecule has 1 aromatic carbocycles. The van der Waals surface area contributed by atoms with Crippen LogP contribution in [-0.2, 0) is 25.5 Å². The van der Waals surface area contributed by atoms with E-state index >= 15 is 0 Å². The normalized spacial score (nSPS) is 12.1. The Kier molecular flexibility index (Phi) is 9.69. The standard InChI is InChI=1S/C15H23NO5S/c1-3-14-4-6-15(7-5-14)16(22(17)18)8-9-20-12-13-21-11-10-19-2/h3-7H,1,8-13H2,2H3,(H,17,18). The molecule has 0 heterocycles. The molecule has 0 aliphatic heterocycles. The number of hydrogen-bond donors (Lipinski definition) is 1. The SMILES string of the molecule is C=Cc1ccc(N(CCOCCOCCOC)S(=O)O)cc1. The number of methoxy groups -OCH3 is 1. The minimum Gasteiger partial charge on any atom is -0.382 e. The van der Waals surface area contributed by atoms with Crippen molar-refractivity contribution in [2.24, 2.45) is 0 Å². The van der Waals surface area contributed by atoms with Crippen molar-refractivity contribution in [3.63, 3.8) is 0 Å². The van der Waals surface area contributed by atoms with Crippen LogP contribution in [0, 0.1) is 0 Å². The van der Waals surface area contributed by atoms with Crippen molar-refractivity contribution in [3.8, 4) is 0 Å². The Morgan fingerprint density at radius 1 is 1.14 bits per heavy atom. The van der Waals surface area contributed by atoms with Crippen molar-refractivity contribution >= 4 is 23.0 Å². The van der Waals surface area contributed by atoms with E-state index < -0.39 is 11.3 Å². The van der Waals surface area contributed by atoms with Gasteiger partial charge in [0.1, 0.15) is 0 Å². The van der Waals surface area contributed by atoms with Gasteiger partial charge >= 0.3 is 0 Å². The summed E-state index contributed by atoms with van der Waals surface area (Å²) in [5.74, 6) is 0. The molecule has 1 unspecified atom stereocenters. The number of nitrogens with zero attached hydrogens (tertiary/aromatic N) is 1. The Morgan fingerprint density at radius 3 is 2.27 bits per heavy atom. The maximum absolute atomic E-state index is 11.4. The first kappa shape index (κ1) is 18.8. The summed E-state index contributed by atoms with van der Waals surface area (Å²) < 4.78 is 37.7. The van der Waals surface area contributed by atoms with Crippen LogP contribution in [0.15, 0.2) is 30.8 Å². The lowest BCUT2D eigenvalue weighted by atomic mass is 10.2. The molecule has 1 aromatic rings. The summed E-state index contributed by atoms with van der Waals surface area (Å²) in [7, 11) is 1.62. The summed E-state index contributed by atoms with van der Waals surface area (Å²) in [6, 6.07) is 7.23. The van der Waals surface area contributed by atoms with Crippen molar-refractivity contribution in [2.75, 3.05) is 51.0 Å². The summed E-state index contributed by atoms with van der Waals surface area (Å²) in [5.41, 5.74) is 1.61. The zero-order chi connectivity index (χ0) is 16.2. The predicted molar refractivity (Wildman–Crippen MR) is 88.2 cm³/mol. The molecule has 0 aliphatic carbocycles. The van der Waals surface area contributed by atoms with Crippen molar-refractivity contribution in [3.05, 3.63) is 36.4 Å². The van der Waals surface area contributed by atoms with Gasteiger partial charge in [-0.3, -0.25) is 8.86 Å².